The second-order valence-electron chi connectivity index (χ2n) is 5.30. The minimum absolute atomic E-state index is 0.0290. The topological polar surface area (TPSA) is 69.6 Å². The molecule has 104 valence electrons. The van der Waals surface area contributed by atoms with Crippen LogP contribution in [0.5, 0.6) is 0 Å². The highest BCUT2D eigenvalue weighted by Crippen LogP contribution is 2.25. The molecule has 5 nitrogen and oxygen atoms in total. The van der Waals surface area contributed by atoms with Gasteiger partial charge in [-0.05, 0) is 26.3 Å². The summed E-state index contributed by atoms with van der Waals surface area (Å²) < 4.78 is 0. The Hall–Kier alpha value is -2.04. The molecule has 0 radical (unpaired) electrons. The van der Waals surface area contributed by atoms with Crippen molar-refractivity contribution in [3.63, 3.8) is 0 Å². The van der Waals surface area contributed by atoms with Crippen LogP contribution in [0.15, 0.2) is 30.3 Å². The molecule has 1 unspecified atom stereocenters. The number of benzene rings is 1. The maximum Gasteiger partial charge on any atom is 0.318 e. The molecule has 2 amide bonds. The summed E-state index contributed by atoms with van der Waals surface area (Å²) in [6.07, 6.45) is 0. The van der Waals surface area contributed by atoms with Crippen LogP contribution in [0, 0.1) is 0 Å². The molecule has 1 aliphatic heterocycles. The number of carboxylic acid groups (broad SMARTS) is 1. The Morgan fingerprint density at radius 1 is 1.32 bits per heavy atom. The summed E-state index contributed by atoms with van der Waals surface area (Å²) in [5, 5.41) is 9.90. The van der Waals surface area contributed by atoms with Crippen LogP contribution < -0.4 is 5.32 Å². The summed E-state index contributed by atoms with van der Waals surface area (Å²) in [5.74, 6) is 0. The van der Waals surface area contributed by atoms with Gasteiger partial charge >= 0.3 is 6.03 Å². The van der Waals surface area contributed by atoms with E-state index in [0.29, 0.717) is 0 Å². The van der Waals surface area contributed by atoms with Crippen LogP contribution in [0.2, 0.25) is 0 Å². The molecule has 0 spiro atoms. The van der Waals surface area contributed by atoms with E-state index >= 15 is 0 Å². The largest absolute Gasteiger partial charge is 0.483 e. The van der Waals surface area contributed by atoms with Gasteiger partial charge in [-0.3, -0.25) is 4.79 Å². The number of hydrogen-bond donors (Lipinski definition) is 2. The molecule has 1 saturated heterocycles. The molecule has 2 rings (SSSR count). The van der Waals surface area contributed by atoms with E-state index in [4.69, 9.17) is 9.90 Å². The van der Waals surface area contributed by atoms with Gasteiger partial charge in [0, 0.05) is 12.1 Å². The van der Waals surface area contributed by atoms with Crippen LogP contribution in [-0.4, -0.2) is 34.6 Å². The van der Waals surface area contributed by atoms with Crippen molar-refractivity contribution >= 4 is 12.5 Å². The minimum Gasteiger partial charge on any atom is -0.483 e. The second-order valence-corrected chi connectivity index (χ2v) is 5.30. The lowest BCUT2D eigenvalue weighted by molar-refractivity contribution is -0.122. The third-order valence-corrected chi connectivity index (χ3v) is 2.92. The molecule has 0 bridgehead atoms. The van der Waals surface area contributed by atoms with E-state index in [9.17, 15) is 4.79 Å². The van der Waals surface area contributed by atoms with E-state index in [1.54, 1.807) is 0 Å². The van der Waals surface area contributed by atoms with Crippen LogP contribution in [0.1, 0.15) is 32.4 Å². The zero-order valence-corrected chi connectivity index (χ0v) is 11.5. The lowest BCUT2D eigenvalue weighted by Crippen LogP contribution is -2.43. The van der Waals surface area contributed by atoms with Crippen LogP contribution in [0.25, 0.3) is 0 Å². The number of carbonyl (C=O) groups is 2. The molecular formula is C14H20N2O3. The molecule has 5 heteroatoms. The van der Waals surface area contributed by atoms with Crippen LogP contribution in [-0.2, 0) is 4.79 Å². The SMILES string of the molecule is CC(C)(C)N1CC(c2ccccc2)NC1=O.O=CO. The van der Waals surface area contributed by atoms with E-state index in [1.807, 2.05) is 23.1 Å². The van der Waals surface area contributed by atoms with Crippen molar-refractivity contribution < 1.29 is 14.7 Å². The maximum atomic E-state index is 11.8. The van der Waals surface area contributed by atoms with Crippen molar-refractivity contribution in [2.45, 2.75) is 32.4 Å². The van der Waals surface area contributed by atoms with Gasteiger partial charge in [-0.2, -0.15) is 0 Å². The van der Waals surface area contributed by atoms with Crippen LogP contribution in [0.3, 0.4) is 0 Å². The van der Waals surface area contributed by atoms with Gasteiger partial charge in [0.2, 0.25) is 0 Å². The number of urea groups is 1. The van der Waals surface area contributed by atoms with Crippen molar-refractivity contribution in [1.29, 1.82) is 0 Å². The smallest absolute Gasteiger partial charge is 0.318 e. The molecule has 1 aromatic carbocycles. The first-order valence-electron chi connectivity index (χ1n) is 6.11. The summed E-state index contributed by atoms with van der Waals surface area (Å²) in [7, 11) is 0. The minimum atomic E-state index is -0.250. The lowest BCUT2D eigenvalue weighted by atomic mass is 10.0. The number of carbonyl (C=O) groups excluding carboxylic acids is 1. The van der Waals surface area contributed by atoms with Crippen LogP contribution >= 0.6 is 0 Å². The van der Waals surface area contributed by atoms with Gasteiger partial charge in [0.05, 0.1) is 6.04 Å². The van der Waals surface area contributed by atoms with Gasteiger partial charge < -0.3 is 15.3 Å². The molecule has 0 saturated carbocycles. The first kappa shape index (κ1) is 15.0. The quantitative estimate of drug-likeness (QED) is 0.764. The third-order valence-electron chi connectivity index (χ3n) is 2.92. The lowest BCUT2D eigenvalue weighted by Gasteiger charge is -2.30. The Balaban J connectivity index is 0.000000550. The van der Waals surface area contributed by atoms with Crippen molar-refractivity contribution in [3.05, 3.63) is 35.9 Å². The van der Waals surface area contributed by atoms with Gasteiger partial charge in [0.15, 0.2) is 0 Å². The fourth-order valence-electron chi connectivity index (χ4n) is 1.99. The van der Waals surface area contributed by atoms with Gasteiger partial charge in [-0.25, -0.2) is 4.79 Å². The average Bonchev–Trinajstić information content (AvgIpc) is 2.73. The third kappa shape index (κ3) is 3.98. The van der Waals surface area contributed by atoms with E-state index in [0.717, 1.165) is 6.54 Å². The van der Waals surface area contributed by atoms with Crippen molar-refractivity contribution in [1.82, 2.24) is 10.2 Å². The summed E-state index contributed by atoms with van der Waals surface area (Å²) in [4.78, 5) is 22.1. The summed E-state index contributed by atoms with van der Waals surface area (Å²) in [5.41, 5.74) is 1.05. The van der Waals surface area contributed by atoms with E-state index in [-0.39, 0.29) is 24.1 Å². The highest BCUT2D eigenvalue weighted by Gasteiger charge is 2.36. The second kappa shape index (κ2) is 6.22. The number of rotatable bonds is 1. The standard InChI is InChI=1S/C13H18N2O.CH2O2/c1-13(2,3)15-9-11(14-12(15)16)10-7-5-4-6-8-10;2-1-3/h4-8,11H,9H2,1-3H3,(H,14,16);1H,(H,2,3). The summed E-state index contributed by atoms with van der Waals surface area (Å²) >= 11 is 0. The molecule has 19 heavy (non-hydrogen) atoms. The molecule has 1 fully saturated rings. The Morgan fingerprint density at radius 3 is 2.26 bits per heavy atom. The van der Waals surface area contributed by atoms with Gasteiger partial charge in [0.25, 0.3) is 6.47 Å². The van der Waals surface area contributed by atoms with Gasteiger partial charge in [-0.1, -0.05) is 30.3 Å². The van der Waals surface area contributed by atoms with E-state index < -0.39 is 0 Å². The number of amides is 2. The van der Waals surface area contributed by atoms with E-state index in [2.05, 4.69) is 38.2 Å². The molecule has 0 aromatic heterocycles. The average molecular weight is 264 g/mol. The molecule has 1 aromatic rings. The van der Waals surface area contributed by atoms with Crippen molar-refractivity contribution in [2.24, 2.45) is 0 Å². The van der Waals surface area contributed by atoms with Crippen molar-refractivity contribution in [3.8, 4) is 0 Å². The maximum absolute atomic E-state index is 11.8. The zero-order valence-electron chi connectivity index (χ0n) is 11.5. The molecule has 1 heterocycles. The van der Waals surface area contributed by atoms with Crippen molar-refractivity contribution in [2.75, 3.05) is 6.54 Å². The molecule has 2 N–H and O–H groups in total. The number of nitrogens with one attached hydrogen (secondary N) is 1. The fraction of sp³-hybridized carbons (Fsp3) is 0.429. The first-order valence-corrected chi connectivity index (χ1v) is 6.11. The molecule has 0 aliphatic carbocycles. The first-order chi connectivity index (χ1) is 8.90. The fourth-order valence-corrected chi connectivity index (χ4v) is 1.99. The monoisotopic (exact) mass is 264 g/mol. The highest BCUT2D eigenvalue weighted by molar-refractivity contribution is 5.78. The predicted molar refractivity (Wildman–Crippen MR) is 72.9 cm³/mol. The molecule has 1 aliphatic rings. The van der Waals surface area contributed by atoms with Crippen LogP contribution in [0.4, 0.5) is 4.79 Å². The van der Waals surface area contributed by atoms with Gasteiger partial charge in [0.1, 0.15) is 0 Å². The Kier molecular flexibility index (Phi) is 4.92. The number of hydrogen-bond acceptors (Lipinski definition) is 2. The normalized spacial score (nSPS) is 18.4. The summed E-state index contributed by atoms with van der Waals surface area (Å²) in [6, 6.07) is 10.2. The number of nitrogens with zero attached hydrogens (tertiary/aromatic N) is 1. The Labute approximate surface area is 113 Å². The summed E-state index contributed by atoms with van der Waals surface area (Å²) in [6.45, 7) is 6.66. The molecule has 1 atom stereocenters. The van der Waals surface area contributed by atoms with E-state index in [1.165, 1.54) is 5.56 Å². The van der Waals surface area contributed by atoms with Gasteiger partial charge in [-0.15, -0.1) is 0 Å². The Bertz CT molecular complexity index is 426. The molecular weight excluding hydrogens is 244 g/mol. The highest BCUT2D eigenvalue weighted by atomic mass is 16.3. The predicted octanol–water partition coefficient (Wildman–Crippen LogP) is 2.25. The zero-order chi connectivity index (χ0) is 14.5. The Morgan fingerprint density at radius 2 is 1.84 bits per heavy atom.